The fraction of sp³-hybridized carbons (Fsp3) is 0.692. The molecule has 1 aliphatic heterocycles. The number of aliphatic hydroxyl groups is 1. The molecule has 2 heterocycles. The molecule has 1 unspecified atom stereocenters. The third kappa shape index (κ3) is 2.52. The van der Waals surface area contributed by atoms with Crippen LogP contribution in [-0.4, -0.2) is 48.4 Å². The molecule has 8 heteroatoms. The van der Waals surface area contributed by atoms with E-state index >= 15 is 0 Å². The van der Waals surface area contributed by atoms with E-state index in [-0.39, 0.29) is 23.7 Å². The first-order valence-electron chi connectivity index (χ1n) is 6.78. The third-order valence-corrected chi connectivity index (χ3v) is 4.23. The first kappa shape index (κ1) is 14.4. The molecule has 0 amide bonds. The molecule has 3 rings (SSSR count). The fourth-order valence-corrected chi connectivity index (χ4v) is 2.69. The minimum absolute atomic E-state index is 0.0383. The molecule has 1 saturated heterocycles. The highest BCUT2D eigenvalue weighted by Gasteiger charge is 2.55. The van der Waals surface area contributed by atoms with Crippen molar-refractivity contribution in [2.45, 2.75) is 25.1 Å². The van der Waals surface area contributed by atoms with Gasteiger partial charge in [-0.25, -0.2) is 4.98 Å². The predicted octanol–water partition coefficient (Wildman–Crippen LogP) is 1.52. The van der Waals surface area contributed by atoms with Crippen LogP contribution in [0, 0.1) is 5.41 Å². The Bertz CT molecular complexity index is 557. The molecule has 1 atom stereocenters. The van der Waals surface area contributed by atoms with Crippen molar-refractivity contribution in [3.8, 4) is 0 Å². The van der Waals surface area contributed by atoms with E-state index in [2.05, 4.69) is 9.97 Å². The normalized spacial score (nSPS) is 23.7. The molecule has 0 radical (unpaired) electrons. The Morgan fingerprint density at radius 3 is 2.48 bits per heavy atom. The molecule has 1 saturated carbocycles. The topological polar surface area (TPSA) is 52.5 Å². The summed E-state index contributed by atoms with van der Waals surface area (Å²) in [6, 6.07) is 0.933. The van der Waals surface area contributed by atoms with Crippen molar-refractivity contribution in [3.63, 3.8) is 0 Å². The molecule has 21 heavy (non-hydrogen) atoms. The van der Waals surface area contributed by atoms with Gasteiger partial charge in [0.05, 0.1) is 6.10 Å². The molecular weight excluding hydrogens is 285 g/mol. The summed E-state index contributed by atoms with van der Waals surface area (Å²) in [5.74, 6) is 0.245. The van der Waals surface area contributed by atoms with Gasteiger partial charge in [-0.3, -0.25) is 0 Å². The summed E-state index contributed by atoms with van der Waals surface area (Å²) in [6.07, 6.45) is -3.22. The van der Waals surface area contributed by atoms with Gasteiger partial charge in [-0.2, -0.15) is 18.2 Å². The van der Waals surface area contributed by atoms with Gasteiger partial charge in [0.25, 0.3) is 0 Å². The van der Waals surface area contributed by atoms with Crippen LogP contribution in [0.2, 0.25) is 0 Å². The monoisotopic (exact) mass is 302 g/mol. The Hall–Kier alpha value is -1.57. The van der Waals surface area contributed by atoms with Crippen molar-refractivity contribution in [1.29, 1.82) is 0 Å². The second-order valence-corrected chi connectivity index (χ2v) is 6.06. The van der Waals surface area contributed by atoms with Crippen molar-refractivity contribution < 1.29 is 18.3 Å². The van der Waals surface area contributed by atoms with Gasteiger partial charge in [-0.1, -0.05) is 0 Å². The van der Waals surface area contributed by atoms with Crippen LogP contribution < -0.4 is 9.80 Å². The lowest BCUT2D eigenvalue weighted by atomic mass is 10.0. The van der Waals surface area contributed by atoms with Gasteiger partial charge in [0.15, 0.2) is 5.69 Å². The highest BCUT2D eigenvalue weighted by molar-refractivity contribution is 5.47. The summed E-state index contributed by atoms with van der Waals surface area (Å²) in [7, 11) is 3.26. The Balaban J connectivity index is 1.96. The van der Waals surface area contributed by atoms with Crippen LogP contribution in [0.3, 0.4) is 0 Å². The van der Waals surface area contributed by atoms with E-state index in [1.165, 1.54) is 4.90 Å². The average Bonchev–Trinajstić information content (AvgIpc) is 3.09. The van der Waals surface area contributed by atoms with E-state index in [4.69, 9.17) is 0 Å². The van der Waals surface area contributed by atoms with E-state index in [0.717, 1.165) is 18.9 Å². The van der Waals surface area contributed by atoms with Gasteiger partial charge in [0.2, 0.25) is 5.95 Å². The van der Waals surface area contributed by atoms with Crippen LogP contribution in [0.25, 0.3) is 0 Å². The number of halogens is 3. The number of hydrogen-bond acceptors (Lipinski definition) is 5. The van der Waals surface area contributed by atoms with Gasteiger partial charge in [-0.15, -0.1) is 0 Å². The summed E-state index contributed by atoms with van der Waals surface area (Å²) in [5, 5.41) is 10.0. The molecule has 5 nitrogen and oxygen atoms in total. The van der Waals surface area contributed by atoms with Gasteiger partial charge >= 0.3 is 6.18 Å². The fourth-order valence-electron chi connectivity index (χ4n) is 2.69. The van der Waals surface area contributed by atoms with Gasteiger partial charge in [-0.05, 0) is 12.8 Å². The van der Waals surface area contributed by atoms with E-state index in [1.807, 2.05) is 0 Å². The number of aliphatic hydroxyl groups excluding tert-OH is 1. The molecule has 1 aliphatic carbocycles. The summed E-state index contributed by atoms with van der Waals surface area (Å²) in [5.41, 5.74) is -1.11. The molecule has 0 bridgehead atoms. The van der Waals surface area contributed by atoms with Gasteiger partial charge < -0.3 is 14.9 Å². The van der Waals surface area contributed by atoms with Crippen molar-refractivity contribution in [2.24, 2.45) is 5.41 Å². The molecule has 2 aliphatic rings. The maximum atomic E-state index is 13.0. The number of aromatic nitrogens is 2. The van der Waals surface area contributed by atoms with E-state index in [9.17, 15) is 18.3 Å². The maximum Gasteiger partial charge on any atom is 0.433 e. The summed E-state index contributed by atoms with van der Waals surface area (Å²) in [4.78, 5) is 11.0. The van der Waals surface area contributed by atoms with E-state index < -0.39 is 18.0 Å². The zero-order chi connectivity index (χ0) is 15.4. The van der Waals surface area contributed by atoms with Gasteiger partial charge in [0.1, 0.15) is 5.82 Å². The van der Waals surface area contributed by atoms with Crippen LogP contribution in [0.1, 0.15) is 18.5 Å². The standard InChI is InChI=1S/C13H17F3N4O/c1-19(2)10-5-8(13(14,15)16)17-11(18-10)20-6-9(21)12(7-20)3-4-12/h5,9,21H,3-4,6-7H2,1-2H3. The highest BCUT2D eigenvalue weighted by atomic mass is 19.4. The number of hydrogen-bond donors (Lipinski definition) is 1. The van der Waals surface area contributed by atoms with Crippen LogP contribution >= 0.6 is 0 Å². The number of nitrogens with zero attached hydrogens (tertiary/aromatic N) is 4. The number of β-amino-alcohol motifs (C(OH)–C–C–N with tert-alkyl or cyclic N) is 1. The molecule has 1 aromatic heterocycles. The van der Waals surface area contributed by atoms with Crippen LogP contribution in [0.5, 0.6) is 0 Å². The van der Waals surface area contributed by atoms with Crippen LogP contribution in [0.15, 0.2) is 6.07 Å². The minimum Gasteiger partial charge on any atom is -0.391 e. The average molecular weight is 302 g/mol. The first-order chi connectivity index (χ1) is 9.71. The molecule has 1 aromatic rings. The predicted molar refractivity (Wildman–Crippen MR) is 71.2 cm³/mol. The minimum atomic E-state index is -4.52. The lowest BCUT2D eigenvalue weighted by Crippen LogP contribution is -2.26. The molecule has 0 aromatic carbocycles. The summed E-state index contributed by atoms with van der Waals surface area (Å²) >= 11 is 0. The largest absolute Gasteiger partial charge is 0.433 e. The molecule has 1 N–H and O–H groups in total. The van der Waals surface area contributed by atoms with Crippen molar-refractivity contribution in [1.82, 2.24) is 9.97 Å². The summed E-state index contributed by atoms with van der Waals surface area (Å²) in [6.45, 7) is 0.802. The third-order valence-electron chi connectivity index (χ3n) is 4.23. The Labute approximate surface area is 120 Å². The van der Waals surface area contributed by atoms with Gasteiger partial charge in [0, 0.05) is 38.7 Å². The van der Waals surface area contributed by atoms with Crippen LogP contribution in [-0.2, 0) is 6.18 Å². The summed E-state index contributed by atoms with van der Waals surface area (Å²) < 4.78 is 38.9. The Morgan fingerprint density at radius 1 is 1.33 bits per heavy atom. The highest BCUT2D eigenvalue weighted by Crippen LogP contribution is 2.53. The van der Waals surface area contributed by atoms with Crippen molar-refractivity contribution in [3.05, 3.63) is 11.8 Å². The zero-order valence-electron chi connectivity index (χ0n) is 11.9. The second kappa shape index (κ2) is 4.46. The quantitative estimate of drug-likeness (QED) is 0.898. The van der Waals surface area contributed by atoms with Crippen LogP contribution in [0.4, 0.5) is 24.9 Å². The second-order valence-electron chi connectivity index (χ2n) is 6.06. The number of anilines is 2. The maximum absolute atomic E-state index is 13.0. The smallest absolute Gasteiger partial charge is 0.391 e. The zero-order valence-corrected chi connectivity index (χ0v) is 11.9. The van der Waals surface area contributed by atoms with Crippen molar-refractivity contribution >= 4 is 11.8 Å². The Morgan fingerprint density at radius 2 is 2.00 bits per heavy atom. The molecular formula is C13H17F3N4O. The number of alkyl halides is 3. The number of rotatable bonds is 2. The SMILES string of the molecule is CN(C)c1cc(C(F)(F)F)nc(N2CC(O)C3(CC3)C2)n1. The lowest BCUT2D eigenvalue weighted by Gasteiger charge is -2.20. The lowest BCUT2D eigenvalue weighted by molar-refractivity contribution is -0.141. The molecule has 1 spiro atoms. The molecule has 116 valence electrons. The first-order valence-corrected chi connectivity index (χ1v) is 6.78. The van der Waals surface area contributed by atoms with Crippen molar-refractivity contribution in [2.75, 3.05) is 37.0 Å². The van der Waals surface area contributed by atoms with E-state index in [0.29, 0.717) is 6.54 Å². The molecule has 2 fully saturated rings. The van der Waals surface area contributed by atoms with E-state index in [1.54, 1.807) is 19.0 Å². The Kier molecular flexibility index (Phi) is 3.05.